The summed E-state index contributed by atoms with van der Waals surface area (Å²) in [5, 5.41) is 0.978. The summed E-state index contributed by atoms with van der Waals surface area (Å²) < 4.78 is 44.5. The maximum Gasteiger partial charge on any atom is 0.417 e. The van der Waals surface area contributed by atoms with Gasteiger partial charge in [-0.1, -0.05) is 72.3 Å². The average molecular weight is 401 g/mol. The minimum absolute atomic E-state index is 0.216. The van der Waals surface area contributed by atoms with E-state index in [1.54, 1.807) is 6.07 Å². The molecular weight excluding hydrogens is 383 g/mol. The molecule has 0 saturated carbocycles. The molecule has 4 aromatic rings. The van der Waals surface area contributed by atoms with Gasteiger partial charge in [0.25, 0.3) is 0 Å². The van der Waals surface area contributed by atoms with Gasteiger partial charge >= 0.3 is 6.18 Å². The summed E-state index contributed by atoms with van der Waals surface area (Å²) in [7, 11) is 0. The van der Waals surface area contributed by atoms with Crippen molar-refractivity contribution in [3.05, 3.63) is 113 Å². The van der Waals surface area contributed by atoms with Crippen LogP contribution < -0.4 is 0 Å². The molecule has 3 aromatic carbocycles. The molecule has 1 aliphatic rings. The van der Waals surface area contributed by atoms with Crippen molar-refractivity contribution >= 4 is 28.2 Å². The van der Waals surface area contributed by atoms with Gasteiger partial charge in [-0.3, -0.25) is 0 Å². The van der Waals surface area contributed by atoms with Gasteiger partial charge in [-0.15, -0.1) is 0 Å². The lowest BCUT2D eigenvalue weighted by Crippen LogP contribution is -2.14. The van der Waals surface area contributed by atoms with Crippen molar-refractivity contribution in [3.8, 4) is 0 Å². The van der Waals surface area contributed by atoms with Gasteiger partial charge in [0.2, 0.25) is 0 Å². The van der Waals surface area contributed by atoms with Gasteiger partial charge in [0.05, 0.1) is 16.8 Å². The second-order valence-corrected chi connectivity index (χ2v) is 7.48. The molecule has 0 radical (unpaired) electrons. The molecule has 30 heavy (non-hydrogen) atoms. The van der Waals surface area contributed by atoms with Crippen LogP contribution in [-0.4, -0.2) is 10.7 Å². The predicted molar refractivity (Wildman–Crippen MR) is 116 cm³/mol. The van der Waals surface area contributed by atoms with E-state index in [-0.39, 0.29) is 5.57 Å². The number of nitrogens with zero attached hydrogens (tertiary/aromatic N) is 1. The van der Waals surface area contributed by atoms with Crippen molar-refractivity contribution in [1.82, 2.24) is 4.57 Å². The molecule has 1 nitrogen and oxygen atoms in total. The van der Waals surface area contributed by atoms with Gasteiger partial charge in [-0.2, -0.15) is 13.2 Å². The quantitative estimate of drug-likeness (QED) is 0.331. The molecule has 1 aliphatic carbocycles. The van der Waals surface area contributed by atoms with Crippen LogP contribution in [0.15, 0.2) is 90.6 Å². The lowest BCUT2D eigenvalue weighted by molar-refractivity contribution is -0.0859. The Morgan fingerprint density at radius 2 is 1.57 bits per heavy atom. The van der Waals surface area contributed by atoms with E-state index < -0.39 is 11.7 Å². The second-order valence-electron chi connectivity index (χ2n) is 7.48. The molecule has 1 heterocycles. The van der Waals surface area contributed by atoms with Gasteiger partial charge in [0.1, 0.15) is 0 Å². The molecule has 0 spiro atoms. The third kappa shape index (κ3) is 2.96. The van der Waals surface area contributed by atoms with Gasteiger partial charge in [0.15, 0.2) is 0 Å². The summed E-state index contributed by atoms with van der Waals surface area (Å²) in [6.07, 6.45) is -1.36. The number of aryl methyl sites for hydroxylation is 1. The standard InChI is InChI=1S/C26H18F3N/c1-17-11-12-20-16-22(26(27,28)29)24(21(20)15-17)25(19-8-3-2-4-9-19)30-14-13-18-7-5-6-10-23(18)30/h2-16H,1H3/b25-24-. The Bertz CT molecular complexity index is 1320. The van der Waals surface area contributed by atoms with Gasteiger partial charge in [-0.25, -0.2) is 0 Å². The van der Waals surface area contributed by atoms with Crippen LogP contribution in [0.25, 0.3) is 28.2 Å². The van der Waals surface area contributed by atoms with Crippen LogP contribution in [0.5, 0.6) is 0 Å². The summed E-state index contributed by atoms with van der Waals surface area (Å²) in [5.74, 6) is 0. The third-order valence-corrected chi connectivity index (χ3v) is 5.48. The monoisotopic (exact) mass is 401 g/mol. The van der Waals surface area contributed by atoms with Gasteiger partial charge in [-0.05, 0) is 47.2 Å². The van der Waals surface area contributed by atoms with E-state index in [0.717, 1.165) is 22.0 Å². The lowest BCUT2D eigenvalue weighted by atomic mass is 9.95. The largest absolute Gasteiger partial charge is 0.417 e. The molecule has 0 N–H and O–H groups in total. The summed E-state index contributed by atoms with van der Waals surface area (Å²) in [5.41, 5.74) is 3.86. The van der Waals surface area contributed by atoms with Crippen LogP contribution >= 0.6 is 0 Å². The first-order chi connectivity index (χ1) is 14.4. The van der Waals surface area contributed by atoms with Crippen LogP contribution in [0.2, 0.25) is 0 Å². The van der Waals surface area contributed by atoms with E-state index in [1.165, 1.54) is 6.08 Å². The first-order valence-corrected chi connectivity index (χ1v) is 9.70. The molecule has 0 bridgehead atoms. The second kappa shape index (κ2) is 6.77. The van der Waals surface area contributed by atoms with E-state index in [9.17, 15) is 13.2 Å². The number of hydrogen-bond donors (Lipinski definition) is 0. The minimum atomic E-state index is -4.47. The highest BCUT2D eigenvalue weighted by Gasteiger charge is 2.41. The molecule has 0 atom stereocenters. The fourth-order valence-corrected chi connectivity index (χ4v) is 4.14. The highest BCUT2D eigenvalue weighted by atomic mass is 19.4. The Hall–Kier alpha value is -3.53. The Balaban J connectivity index is 1.93. The Labute approximate surface area is 172 Å². The van der Waals surface area contributed by atoms with E-state index in [1.807, 2.05) is 90.5 Å². The fraction of sp³-hybridized carbons (Fsp3) is 0.0769. The highest BCUT2D eigenvalue weighted by molar-refractivity contribution is 6.08. The topological polar surface area (TPSA) is 4.93 Å². The first kappa shape index (κ1) is 18.5. The van der Waals surface area contributed by atoms with Crippen molar-refractivity contribution in [2.75, 3.05) is 0 Å². The van der Waals surface area contributed by atoms with Crippen LogP contribution in [0.3, 0.4) is 0 Å². The van der Waals surface area contributed by atoms with Crippen LogP contribution in [0, 0.1) is 6.92 Å². The fourth-order valence-electron chi connectivity index (χ4n) is 4.14. The molecule has 1 aromatic heterocycles. The van der Waals surface area contributed by atoms with Crippen molar-refractivity contribution < 1.29 is 13.2 Å². The molecular formula is C26H18F3N. The van der Waals surface area contributed by atoms with Crippen molar-refractivity contribution in [2.45, 2.75) is 13.1 Å². The van der Waals surface area contributed by atoms with Crippen LogP contribution in [0.4, 0.5) is 13.2 Å². The number of benzene rings is 3. The maximum absolute atomic E-state index is 14.2. The molecule has 0 aliphatic heterocycles. The summed E-state index contributed by atoms with van der Waals surface area (Å²) >= 11 is 0. The van der Waals surface area contributed by atoms with Gasteiger partial charge in [0, 0.05) is 11.8 Å². The number of para-hydroxylation sites is 1. The predicted octanol–water partition coefficient (Wildman–Crippen LogP) is 7.33. The number of rotatable bonds is 2. The number of aromatic nitrogens is 1. The molecule has 5 rings (SSSR count). The molecule has 148 valence electrons. The average Bonchev–Trinajstić information content (AvgIpc) is 3.32. The van der Waals surface area contributed by atoms with E-state index in [4.69, 9.17) is 0 Å². The van der Waals surface area contributed by atoms with Crippen molar-refractivity contribution in [2.24, 2.45) is 0 Å². The summed E-state index contributed by atoms with van der Waals surface area (Å²) in [6, 6.07) is 24.4. The molecule has 0 fully saturated rings. The molecule has 0 amide bonds. The number of allylic oxidation sites excluding steroid dienone is 2. The minimum Gasteiger partial charge on any atom is -0.315 e. The normalized spacial score (nSPS) is 15.3. The first-order valence-electron chi connectivity index (χ1n) is 9.70. The highest BCUT2D eigenvalue weighted by Crippen LogP contribution is 2.48. The van der Waals surface area contributed by atoms with E-state index >= 15 is 0 Å². The molecule has 4 heteroatoms. The number of fused-ring (bicyclic) bond motifs is 2. The smallest absolute Gasteiger partial charge is 0.315 e. The van der Waals surface area contributed by atoms with Crippen LogP contribution in [0.1, 0.15) is 22.3 Å². The molecule has 0 saturated heterocycles. The number of hydrogen-bond acceptors (Lipinski definition) is 0. The maximum atomic E-state index is 14.2. The molecule has 0 unspecified atom stereocenters. The number of halogens is 3. The zero-order valence-electron chi connectivity index (χ0n) is 16.2. The Morgan fingerprint density at radius 3 is 2.33 bits per heavy atom. The zero-order valence-corrected chi connectivity index (χ0v) is 16.2. The lowest BCUT2D eigenvalue weighted by Gasteiger charge is -2.20. The van der Waals surface area contributed by atoms with Gasteiger partial charge < -0.3 is 4.57 Å². The SMILES string of the molecule is Cc1ccc2c(c1)/C(=C(\c1ccccc1)n1ccc3ccccc31)C(C(F)(F)F)=C2. The van der Waals surface area contributed by atoms with Crippen LogP contribution in [-0.2, 0) is 0 Å². The van der Waals surface area contributed by atoms with Crippen molar-refractivity contribution in [1.29, 1.82) is 0 Å². The zero-order chi connectivity index (χ0) is 20.9. The van der Waals surface area contributed by atoms with Crippen molar-refractivity contribution in [3.63, 3.8) is 0 Å². The summed E-state index contributed by atoms with van der Waals surface area (Å²) in [6.45, 7) is 1.90. The Kier molecular flexibility index (Phi) is 4.17. The van der Waals surface area contributed by atoms with E-state index in [0.29, 0.717) is 16.8 Å². The third-order valence-electron chi connectivity index (χ3n) is 5.48. The summed E-state index contributed by atoms with van der Waals surface area (Å²) in [4.78, 5) is 0. The van der Waals surface area contributed by atoms with E-state index in [2.05, 4.69) is 0 Å². The number of alkyl halides is 3. The Morgan fingerprint density at radius 1 is 0.833 bits per heavy atom.